The molecular formula is C22H19ClO7. The first kappa shape index (κ1) is 22.8. The Morgan fingerprint density at radius 1 is 0.833 bits per heavy atom. The minimum Gasteiger partial charge on any atom is -0.463 e. The smallest absolute Gasteiger partial charge is 0.351 e. The summed E-state index contributed by atoms with van der Waals surface area (Å²) in [4.78, 5) is 45.7. The molecule has 0 radical (unpaired) electrons. The van der Waals surface area contributed by atoms with Crippen LogP contribution in [-0.4, -0.2) is 37.1 Å². The normalized spacial score (nSPS) is 11.0. The van der Waals surface area contributed by atoms with Crippen molar-refractivity contribution in [1.29, 1.82) is 0 Å². The third-order valence-corrected chi connectivity index (χ3v) is 4.40. The van der Waals surface area contributed by atoms with E-state index in [1.165, 1.54) is 0 Å². The van der Waals surface area contributed by atoms with Gasteiger partial charge in [0.15, 0.2) is 11.5 Å². The van der Waals surface area contributed by atoms with Crippen LogP contribution < -0.4 is 0 Å². The molecule has 0 unspecified atom stereocenters. The van der Waals surface area contributed by atoms with Crippen LogP contribution in [0.5, 0.6) is 0 Å². The zero-order valence-corrected chi connectivity index (χ0v) is 16.8. The fraction of sp³-hybridized carbons (Fsp3) is 0.182. The molecule has 0 aliphatic rings. The highest BCUT2D eigenvalue weighted by molar-refractivity contribution is 6.36. The van der Waals surface area contributed by atoms with E-state index >= 15 is 0 Å². The Labute approximate surface area is 178 Å². The van der Waals surface area contributed by atoms with Crippen LogP contribution in [0.25, 0.3) is 0 Å². The van der Waals surface area contributed by atoms with Gasteiger partial charge in [-0.2, -0.15) is 0 Å². The second-order valence-electron chi connectivity index (χ2n) is 5.85. The molecule has 0 N–H and O–H groups in total. The maximum absolute atomic E-state index is 12.8. The molecule has 2 aromatic carbocycles. The highest BCUT2D eigenvalue weighted by atomic mass is 35.5. The largest absolute Gasteiger partial charge is 0.463 e. The van der Waals surface area contributed by atoms with Crippen LogP contribution in [-0.2, 0) is 38.3 Å². The van der Waals surface area contributed by atoms with Gasteiger partial charge in [-0.1, -0.05) is 72.3 Å². The molecule has 0 heterocycles. The SMILES string of the molecule is CCOC(=O)/C=C/C(=O)OCC(=O)OC(=O)C(Cl)(c1ccccc1)c1ccccc1. The fourth-order valence-electron chi connectivity index (χ4n) is 2.45. The molecule has 156 valence electrons. The third-order valence-electron chi connectivity index (χ3n) is 3.81. The standard InChI is InChI=1S/C22H19ClO7/c1-2-28-18(24)13-14-19(25)29-15-20(26)30-21(27)22(23,16-9-5-3-6-10-16)17-11-7-4-8-12-17/h3-14H,2,15H2,1H3/b14-13+. The van der Waals surface area contributed by atoms with E-state index in [1.807, 2.05) is 0 Å². The number of carbonyl (C=O) groups is 4. The number of rotatable bonds is 8. The maximum Gasteiger partial charge on any atom is 0.351 e. The van der Waals surface area contributed by atoms with Gasteiger partial charge in [0.25, 0.3) is 0 Å². The van der Waals surface area contributed by atoms with Gasteiger partial charge in [-0.05, 0) is 18.1 Å². The van der Waals surface area contributed by atoms with Crippen molar-refractivity contribution in [2.45, 2.75) is 11.8 Å². The second-order valence-corrected chi connectivity index (χ2v) is 6.41. The van der Waals surface area contributed by atoms with Crippen molar-refractivity contribution in [2.24, 2.45) is 0 Å². The highest BCUT2D eigenvalue weighted by Crippen LogP contribution is 2.38. The lowest BCUT2D eigenvalue weighted by Gasteiger charge is -2.25. The van der Waals surface area contributed by atoms with Crippen LogP contribution in [0.2, 0.25) is 0 Å². The number of alkyl halides is 1. The number of esters is 4. The predicted octanol–water partition coefficient (Wildman–Crippen LogP) is 2.90. The zero-order chi connectivity index (χ0) is 22.0. The van der Waals surface area contributed by atoms with Crippen molar-refractivity contribution >= 4 is 35.5 Å². The van der Waals surface area contributed by atoms with Gasteiger partial charge in [0.1, 0.15) is 0 Å². The van der Waals surface area contributed by atoms with E-state index in [9.17, 15) is 19.2 Å². The van der Waals surface area contributed by atoms with Gasteiger partial charge in [0.05, 0.1) is 6.61 Å². The number of carbonyl (C=O) groups excluding carboxylic acids is 4. The quantitative estimate of drug-likeness (QED) is 0.209. The Hall–Kier alpha value is -3.45. The molecule has 0 aliphatic heterocycles. The van der Waals surface area contributed by atoms with Crippen LogP contribution in [0, 0.1) is 0 Å². The number of hydrogen-bond acceptors (Lipinski definition) is 7. The fourth-order valence-corrected chi connectivity index (χ4v) is 2.74. The summed E-state index contributed by atoms with van der Waals surface area (Å²) in [5.74, 6) is -3.86. The molecule has 0 saturated carbocycles. The zero-order valence-electron chi connectivity index (χ0n) is 16.1. The van der Waals surface area contributed by atoms with Gasteiger partial charge >= 0.3 is 23.9 Å². The summed E-state index contributed by atoms with van der Waals surface area (Å²) in [5, 5.41) is 0. The van der Waals surface area contributed by atoms with E-state index in [0.717, 1.165) is 12.2 Å². The first-order chi connectivity index (χ1) is 14.4. The lowest BCUT2D eigenvalue weighted by molar-refractivity contribution is -0.167. The van der Waals surface area contributed by atoms with E-state index in [4.69, 9.17) is 16.3 Å². The van der Waals surface area contributed by atoms with E-state index in [1.54, 1.807) is 67.6 Å². The number of benzene rings is 2. The molecule has 0 saturated heterocycles. The molecule has 0 aliphatic carbocycles. The van der Waals surface area contributed by atoms with Gasteiger partial charge in [-0.25, -0.2) is 19.2 Å². The Kier molecular flexibility index (Phi) is 8.31. The summed E-state index contributed by atoms with van der Waals surface area (Å²) in [6.45, 7) is 0.919. The molecule has 2 aromatic rings. The van der Waals surface area contributed by atoms with Gasteiger partial charge in [-0.15, -0.1) is 0 Å². The molecule has 0 atom stereocenters. The molecule has 0 aromatic heterocycles. The number of hydrogen-bond donors (Lipinski definition) is 0. The van der Waals surface area contributed by atoms with Gasteiger partial charge in [0, 0.05) is 12.2 Å². The lowest BCUT2D eigenvalue weighted by Crippen LogP contribution is -2.35. The predicted molar refractivity (Wildman–Crippen MR) is 107 cm³/mol. The van der Waals surface area contributed by atoms with Crippen molar-refractivity contribution in [3.8, 4) is 0 Å². The first-order valence-corrected chi connectivity index (χ1v) is 9.32. The summed E-state index contributed by atoms with van der Waals surface area (Å²) in [5.41, 5.74) is 0.815. The van der Waals surface area contributed by atoms with Crippen molar-refractivity contribution in [3.05, 3.63) is 83.9 Å². The lowest BCUT2D eigenvalue weighted by atomic mass is 9.90. The summed E-state index contributed by atoms with van der Waals surface area (Å²) in [6.07, 6.45) is 1.66. The third kappa shape index (κ3) is 6.02. The summed E-state index contributed by atoms with van der Waals surface area (Å²) in [6, 6.07) is 16.8. The van der Waals surface area contributed by atoms with Crippen molar-refractivity contribution in [2.75, 3.05) is 13.2 Å². The van der Waals surface area contributed by atoms with E-state index < -0.39 is 35.4 Å². The Balaban J connectivity index is 2.07. The molecule has 30 heavy (non-hydrogen) atoms. The minimum absolute atomic E-state index is 0.148. The monoisotopic (exact) mass is 430 g/mol. The van der Waals surface area contributed by atoms with E-state index in [0.29, 0.717) is 11.1 Å². The second kappa shape index (κ2) is 10.9. The molecule has 7 nitrogen and oxygen atoms in total. The van der Waals surface area contributed by atoms with Gasteiger partial charge in [0.2, 0.25) is 0 Å². The van der Waals surface area contributed by atoms with Crippen LogP contribution in [0.3, 0.4) is 0 Å². The van der Waals surface area contributed by atoms with E-state index in [2.05, 4.69) is 9.47 Å². The minimum atomic E-state index is -1.77. The summed E-state index contributed by atoms with van der Waals surface area (Å²) in [7, 11) is 0. The van der Waals surface area contributed by atoms with E-state index in [-0.39, 0.29) is 6.61 Å². The average molecular weight is 431 g/mol. The summed E-state index contributed by atoms with van der Waals surface area (Å²) < 4.78 is 14.1. The number of halogens is 1. The highest BCUT2D eigenvalue weighted by Gasteiger charge is 2.43. The molecule has 0 amide bonds. The maximum atomic E-state index is 12.8. The number of ether oxygens (including phenoxy) is 3. The molecule has 0 bridgehead atoms. The Morgan fingerprint density at radius 2 is 1.30 bits per heavy atom. The summed E-state index contributed by atoms with van der Waals surface area (Å²) >= 11 is 6.66. The Bertz CT molecular complexity index is 884. The van der Waals surface area contributed by atoms with Gasteiger partial charge in [-0.3, -0.25) is 0 Å². The Morgan fingerprint density at radius 3 is 1.77 bits per heavy atom. The van der Waals surface area contributed by atoms with Crippen molar-refractivity contribution in [3.63, 3.8) is 0 Å². The average Bonchev–Trinajstić information content (AvgIpc) is 2.77. The van der Waals surface area contributed by atoms with Crippen LogP contribution in [0.1, 0.15) is 18.1 Å². The topological polar surface area (TPSA) is 96.0 Å². The van der Waals surface area contributed by atoms with Crippen LogP contribution in [0.4, 0.5) is 0 Å². The molecular weight excluding hydrogens is 412 g/mol. The molecule has 2 rings (SSSR count). The molecule has 0 spiro atoms. The van der Waals surface area contributed by atoms with Crippen molar-refractivity contribution < 1.29 is 33.4 Å². The molecule has 0 fully saturated rings. The molecule has 8 heteroatoms. The van der Waals surface area contributed by atoms with Crippen molar-refractivity contribution in [1.82, 2.24) is 0 Å². The van der Waals surface area contributed by atoms with Crippen LogP contribution >= 0.6 is 11.6 Å². The first-order valence-electron chi connectivity index (χ1n) is 8.94. The van der Waals surface area contributed by atoms with Crippen LogP contribution in [0.15, 0.2) is 72.8 Å². The van der Waals surface area contributed by atoms with Gasteiger partial charge < -0.3 is 14.2 Å².